The van der Waals surface area contributed by atoms with Crippen molar-refractivity contribution in [2.24, 2.45) is 5.73 Å². The average molecular weight is 492 g/mol. The Bertz CT molecular complexity index is 1420. The van der Waals surface area contributed by atoms with E-state index >= 15 is 0 Å². The van der Waals surface area contributed by atoms with Crippen LogP contribution in [-0.2, 0) is 0 Å². The fourth-order valence-corrected chi connectivity index (χ4v) is 4.87. The van der Waals surface area contributed by atoms with Gasteiger partial charge in [0.1, 0.15) is 11.9 Å². The number of nitrogens with zero attached hydrogens (tertiary/aromatic N) is 4. The Labute approximate surface area is 206 Å². The molecule has 1 aliphatic rings. The number of hydrogen-bond acceptors (Lipinski definition) is 5. The lowest BCUT2D eigenvalue weighted by molar-refractivity contribution is 0.496. The number of fused-ring (bicyclic) bond motifs is 1. The van der Waals surface area contributed by atoms with Crippen molar-refractivity contribution in [3.05, 3.63) is 76.0 Å². The molecule has 0 aliphatic carbocycles. The van der Waals surface area contributed by atoms with E-state index in [0.717, 1.165) is 36.9 Å². The summed E-state index contributed by atoms with van der Waals surface area (Å²) in [6, 6.07) is 17.6. The van der Waals surface area contributed by atoms with Crippen molar-refractivity contribution in [3.63, 3.8) is 0 Å². The summed E-state index contributed by atoms with van der Waals surface area (Å²) in [4.78, 5) is 11.8. The van der Waals surface area contributed by atoms with Gasteiger partial charge in [0.15, 0.2) is 0 Å². The molecule has 4 aromatic rings. The van der Waals surface area contributed by atoms with Gasteiger partial charge < -0.3 is 10.6 Å². The normalized spacial score (nSPS) is 14.4. The highest BCUT2D eigenvalue weighted by Gasteiger charge is 2.21. The molecule has 2 N–H and O–H groups in total. The van der Waals surface area contributed by atoms with Crippen molar-refractivity contribution in [1.82, 2.24) is 9.97 Å². The summed E-state index contributed by atoms with van der Waals surface area (Å²) in [5.74, 6) is -0.0229. The van der Waals surface area contributed by atoms with Gasteiger partial charge >= 0.3 is 0 Å². The maximum absolute atomic E-state index is 14.6. The first-order valence-electron chi connectivity index (χ1n) is 10.9. The van der Waals surface area contributed by atoms with Gasteiger partial charge in [-0.15, -0.1) is 0 Å². The number of halogens is 3. The lowest BCUT2D eigenvalue weighted by Gasteiger charge is -2.30. The molecule has 0 radical (unpaired) electrons. The molecule has 8 heteroatoms. The van der Waals surface area contributed by atoms with Crippen LogP contribution in [-0.4, -0.2) is 29.1 Å². The number of rotatable bonds is 3. The van der Waals surface area contributed by atoms with E-state index in [2.05, 4.69) is 4.90 Å². The van der Waals surface area contributed by atoms with Gasteiger partial charge in [-0.25, -0.2) is 14.4 Å². The van der Waals surface area contributed by atoms with E-state index < -0.39 is 5.82 Å². The molecule has 170 valence electrons. The number of nitrogens with two attached hydrogens (primary N) is 1. The topological polar surface area (TPSA) is 78.8 Å². The highest BCUT2D eigenvalue weighted by Crippen LogP contribution is 2.38. The number of aromatic nitrogens is 2. The van der Waals surface area contributed by atoms with Crippen LogP contribution in [0.5, 0.6) is 0 Å². The van der Waals surface area contributed by atoms with Gasteiger partial charge in [0, 0.05) is 45.7 Å². The molecule has 2 heterocycles. The molecule has 0 spiro atoms. The second kappa shape index (κ2) is 9.19. The number of piperidine rings is 1. The molecular formula is C26H20Cl2FN5. The van der Waals surface area contributed by atoms with Gasteiger partial charge in [0.2, 0.25) is 5.95 Å². The SMILES string of the molecule is N#Cc1ccc(-c2nc(N3CCC(N)CC3)nc3ccc(-c4c(Cl)cccc4Cl)cc23)cc1F. The lowest BCUT2D eigenvalue weighted by Crippen LogP contribution is -2.40. The van der Waals surface area contributed by atoms with Crippen LogP contribution in [0, 0.1) is 17.1 Å². The summed E-state index contributed by atoms with van der Waals surface area (Å²) in [7, 11) is 0. The summed E-state index contributed by atoms with van der Waals surface area (Å²) in [5.41, 5.74) is 9.41. The van der Waals surface area contributed by atoms with Gasteiger partial charge in [-0.3, -0.25) is 0 Å². The smallest absolute Gasteiger partial charge is 0.226 e. The molecular weight excluding hydrogens is 472 g/mol. The predicted molar refractivity (Wildman–Crippen MR) is 135 cm³/mol. The van der Waals surface area contributed by atoms with E-state index in [-0.39, 0.29) is 11.6 Å². The number of hydrogen-bond donors (Lipinski definition) is 1. The number of benzene rings is 3. The average Bonchev–Trinajstić information content (AvgIpc) is 2.83. The van der Waals surface area contributed by atoms with Gasteiger partial charge in [0.05, 0.1) is 16.8 Å². The standard InChI is InChI=1S/C26H20Cl2FN5/c27-20-2-1-3-21(28)24(20)15-6-7-23-19(12-15)25(16-4-5-17(14-30)22(29)13-16)33-26(32-23)34-10-8-18(31)9-11-34/h1-7,12-13,18H,8-11,31H2. The summed E-state index contributed by atoms with van der Waals surface area (Å²) in [6.07, 6.45) is 1.71. The minimum Gasteiger partial charge on any atom is -0.341 e. The van der Waals surface area contributed by atoms with Gasteiger partial charge in [-0.1, -0.05) is 41.4 Å². The highest BCUT2D eigenvalue weighted by atomic mass is 35.5. The first-order valence-corrected chi connectivity index (χ1v) is 11.7. The van der Waals surface area contributed by atoms with E-state index in [4.69, 9.17) is 44.2 Å². The molecule has 0 atom stereocenters. The molecule has 3 aromatic carbocycles. The summed E-state index contributed by atoms with van der Waals surface area (Å²) in [5, 5.41) is 10.9. The number of nitriles is 1. The molecule has 0 amide bonds. The maximum atomic E-state index is 14.6. The highest BCUT2D eigenvalue weighted by molar-refractivity contribution is 6.39. The molecule has 34 heavy (non-hydrogen) atoms. The zero-order chi connectivity index (χ0) is 23.8. The number of anilines is 1. The van der Waals surface area contributed by atoms with E-state index in [9.17, 15) is 4.39 Å². The largest absolute Gasteiger partial charge is 0.341 e. The summed E-state index contributed by atoms with van der Waals surface area (Å²) in [6.45, 7) is 1.50. The quantitative estimate of drug-likeness (QED) is 0.368. The van der Waals surface area contributed by atoms with E-state index in [0.29, 0.717) is 38.3 Å². The Morgan fingerprint density at radius 3 is 2.35 bits per heavy atom. The van der Waals surface area contributed by atoms with Crippen molar-refractivity contribution in [1.29, 1.82) is 5.26 Å². The fourth-order valence-electron chi connectivity index (χ4n) is 4.26. The molecule has 5 nitrogen and oxygen atoms in total. The Morgan fingerprint density at radius 1 is 0.971 bits per heavy atom. The summed E-state index contributed by atoms with van der Waals surface area (Å²) >= 11 is 12.9. The van der Waals surface area contributed by atoms with Crippen LogP contribution in [0.4, 0.5) is 10.3 Å². The molecule has 1 aromatic heterocycles. The van der Waals surface area contributed by atoms with Crippen LogP contribution >= 0.6 is 23.2 Å². The second-order valence-corrected chi connectivity index (χ2v) is 9.15. The third-order valence-electron chi connectivity index (χ3n) is 6.12. The predicted octanol–water partition coefficient (Wildman–Crippen LogP) is 6.21. The van der Waals surface area contributed by atoms with E-state index in [1.54, 1.807) is 24.3 Å². The molecule has 1 saturated heterocycles. The minimum absolute atomic E-state index is 0.0177. The zero-order valence-electron chi connectivity index (χ0n) is 18.1. The van der Waals surface area contributed by atoms with Gasteiger partial charge in [-0.05, 0) is 54.8 Å². The van der Waals surface area contributed by atoms with E-state index in [1.807, 2.05) is 24.3 Å². The molecule has 0 bridgehead atoms. The molecule has 5 rings (SSSR count). The van der Waals surface area contributed by atoms with Crippen molar-refractivity contribution in [2.45, 2.75) is 18.9 Å². The fraction of sp³-hybridized carbons (Fsp3) is 0.192. The van der Waals surface area contributed by atoms with Crippen LogP contribution in [0.2, 0.25) is 10.0 Å². The Morgan fingerprint density at radius 2 is 1.68 bits per heavy atom. The van der Waals surface area contributed by atoms with Crippen LogP contribution in [0.15, 0.2) is 54.6 Å². The van der Waals surface area contributed by atoms with Gasteiger partial charge in [0.25, 0.3) is 0 Å². The van der Waals surface area contributed by atoms with Crippen LogP contribution in [0.1, 0.15) is 18.4 Å². The minimum atomic E-state index is -0.595. The third kappa shape index (κ3) is 4.19. The maximum Gasteiger partial charge on any atom is 0.226 e. The van der Waals surface area contributed by atoms with Crippen LogP contribution in [0.25, 0.3) is 33.3 Å². The van der Waals surface area contributed by atoms with Crippen molar-refractivity contribution >= 4 is 40.1 Å². The van der Waals surface area contributed by atoms with Crippen molar-refractivity contribution in [2.75, 3.05) is 18.0 Å². The third-order valence-corrected chi connectivity index (χ3v) is 6.75. The van der Waals surface area contributed by atoms with Crippen molar-refractivity contribution < 1.29 is 4.39 Å². The van der Waals surface area contributed by atoms with Crippen molar-refractivity contribution in [3.8, 4) is 28.5 Å². The van der Waals surface area contributed by atoms with E-state index in [1.165, 1.54) is 12.1 Å². The Balaban J connectivity index is 1.72. The molecule has 1 fully saturated rings. The Kier molecular flexibility index (Phi) is 6.09. The zero-order valence-corrected chi connectivity index (χ0v) is 19.6. The van der Waals surface area contributed by atoms with Crippen LogP contribution < -0.4 is 10.6 Å². The lowest BCUT2D eigenvalue weighted by atomic mass is 9.99. The molecule has 0 saturated carbocycles. The van der Waals surface area contributed by atoms with Gasteiger partial charge in [-0.2, -0.15) is 5.26 Å². The monoisotopic (exact) mass is 491 g/mol. The Hall–Kier alpha value is -3.24. The molecule has 1 aliphatic heterocycles. The molecule has 0 unspecified atom stereocenters. The second-order valence-electron chi connectivity index (χ2n) is 8.33. The van der Waals surface area contributed by atoms with Crippen LogP contribution in [0.3, 0.4) is 0 Å². The summed E-state index contributed by atoms with van der Waals surface area (Å²) < 4.78 is 14.6. The first kappa shape index (κ1) is 22.5. The first-order chi connectivity index (χ1) is 16.4.